The second kappa shape index (κ2) is 5.52. The van der Waals surface area contributed by atoms with Crippen LogP contribution < -0.4 is 10.5 Å². The minimum Gasteiger partial charge on any atom is -0.493 e. The molecule has 0 bridgehead atoms. The van der Waals surface area contributed by atoms with Gasteiger partial charge in [0, 0.05) is 5.41 Å². The first-order chi connectivity index (χ1) is 8.22. The molecule has 0 aromatic heterocycles. The van der Waals surface area contributed by atoms with Crippen molar-refractivity contribution in [1.29, 1.82) is 0 Å². The molecule has 1 saturated heterocycles. The molecule has 3 heteroatoms. The lowest BCUT2D eigenvalue weighted by Crippen LogP contribution is -2.44. The van der Waals surface area contributed by atoms with E-state index >= 15 is 0 Å². The van der Waals surface area contributed by atoms with Crippen molar-refractivity contribution in [3.05, 3.63) is 29.8 Å². The third kappa shape index (κ3) is 3.45. The van der Waals surface area contributed by atoms with Crippen LogP contribution in [0.5, 0.6) is 5.75 Å². The second-order valence-electron chi connectivity index (χ2n) is 5.13. The van der Waals surface area contributed by atoms with E-state index in [1.807, 2.05) is 12.1 Å². The second-order valence-corrected chi connectivity index (χ2v) is 5.13. The minimum atomic E-state index is 0.207. The van der Waals surface area contributed by atoms with Crippen molar-refractivity contribution < 1.29 is 9.47 Å². The van der Waals surface area contributed by atoms with E-state index in [0.717, 1.165) is 45.0 Å². The van der Waals surface area contributed by atoms with Crippen LogP contribution in [0.15, 0.2) is 24.3 Å². The predicted octanol–water partition coefficient (Wildman–Crippen LogP) is 1.99. The molecule has 0 radical (unpaired) electrons. The number of hydrogen-bond donors (Lipinski definition) is 1. The van der Waals surface area contributed by atoms with E-state index in [4.69, 9.17) is 15.2 Å². The zero-order valence-corrected chi connectivity index (χ0v) is 10.4. The summed E-state index contributed by atoms with van der Waals surface area (Å²) in [4.78, 5) is 0. The molecular weight excluding hydrogens is 214 g/mol. The molecule has 1 aliphatic rings. The maximum absolute atomic E-state index is 5.77. The molecule has 1 aromatic rings. The van der Waals surface area contributed by atoms with Crippen LogP contribution >= 0.6 is 0 Å². The van der Waals surface area contributed by atoms with E-state index in [9.17, 15) is 0 Å². The maximum Gasteiger partial charge on any atom is 0.119 e. The van der Waals surface area contributed by atoms with Gasteiger partial charge in [-0.2, -0.15) is 0 Å². The maximum atomic E-state index is 5.77. The Morgan fingerprint density at radius 1 is 1.29 bits per heavy atom. The van der Waals surface area contributed by atoms with Crippen molar-refractivity contribution >= 4 is 0 Å². The lowest BCUT2D eigenvalue weighted by atomic mass is 9.90. The number of hydrogen-bond acceptors (Lipinski definition) is 3. The lowest BCUT2D eigenvalue weighted by Gasteiger charge is -2.37. The third-order valence-corrected chi connectivity index (χ3v) is 3.08. The van der Waals surface area contributed by atoms with Crippen LogP contribution in [0.25, 0.3) is 0 Å². The SMILES string of the molecule is CC1(COc2ccc(CCCN)cc2)COC1. The first kappa shape index (κ1) is 12.4. The normalized spacial score (nSPS) is 17.5. The molecule has 1 fully saturated rings. The average Bonchev–Trinajstić information content (AvgIpc) is 2.33. The Bertz CT molecular complexity index is 344. The lowest BCUT2D eigenvalue weighted by molar-refractivity contribution is -0.120. The van der Waals surface area contributed by atoms with E-state index < -0.39 is 0 Å². The average molecular weight is 235 g/mol. The molecule has 0 saturated carbocycles. The van der Waals surface area contributed by atoms with Gasteiger partial charge in [-0.3, -0.25) is 0 Å². The number of aryl methyl sites for hydroxylation is 1. The van der Waals surface area contributed by atoms with Crippen LogP contribution in [0, 0.1) is 5.41 Å². The summed E-state index contributed by atoms with van der Waals surface area (Å²) in [6.45, 7) is 5.28. The van der Waals surface area contributed by atoms with Gasteiger partial charge in [0.05, 0.1) is 19.8 Å². The highest BCUT2D eigenvalue weighted by molar-refractivity contribution is 5.27. The fraction of sp³-hybridized carbons (Fsp3) is 0.571. The number of rotatable bonds is 6. The summed E-state index contributed by atoms with van der Waals surface area (Å²) in [5.41, 5.74) is 7.01. The Kier molecular flexibility index (Phi) is 4.02. The van der Waals surface area contributed by atoms with Gasteiger partial charge in [0.2, 0.25) is 0 Å². The predicted molar refractivity (Wildman–Crippen MR) is 68.2 cm³/mol. The Morgan fingerprint density at radius 3 is 2.53 bits per heavy atom. The van der Waals surface area contributed by atoms with Crippen LogP contribution in [-0.2, 0) is 11.2 Å². The Labute approximate surface area is 103 Å². The van der Waals surface area contributed by atoms with Gasteiger partial charge in [-0.15, -0.1) is 0 Å². The molecule has 1 aromatic carbocycles. The van der Waals surface area contributed by atoms with E-state index in [2.05, 4.69) is 19.1 Å². The van der Waals surface area contributed by atoms with Gasteiger partial charge in [-0.25, -0.2) is 0 Å². The molecule has 17 heavy (non-hydrogen) atoms. The Morgan fingerprint density at radius 2 is 2.00 bits per heavy atom. The molecule has 0 aliphatic carbocycles. The summed E-state index contributed by atoms with van der Waals surface area (Å²) in [5.74, 6) is 0.939. The fourth-order valence-electron chi connectivity index (χ4n) is 1.85. The van der Waals surface area contributed by atoms with Crippen LogP contribution in [0.4, 0.5) is 0 Å². The van der Waals surface area contributed by atoms with Gasteiger partial charge in [-0.05, 0) is 37.1 Å². The number of ether oxygens (including phenoxy) is 2. The molecule has 0 unspecified atom stereocenters. The highest BCUT2D eigenvalue weighted by atomic mass is 16.5. The summed E-state index contributed by atoms with van der Waals surface area (Å²) in [6.07, 6.45) is 2.08. The van der Waals surface area contributed by atoms with Crippen molar-refractivity contribution in [1.82, 2.24) is 0 Å². The largest absolute Gasteiger partial charge is 0.493 e. The highest BCUT2D eigenvalue weighted by Gasteiger charge is 2.34. The summed E-state index contributed by atoms with van der Waals surface area (Å²) >= 11 is 0. The van der Waals surface area contributed by atoms with Gasteiger partial charge >= 0.3 is 0 Å². The summed E-state index contributed by atoms with van der Waals surface area (Å²) < 4.78 is 11.0. The molecule has 2 N–H and O–H groups in total. The fourth-order valence-corrected chi connectivity index (χ4v) is 1.85. The quantitative estimate of drug-likeness (QED) is 0.820. The smallest absolute Gasteiger partial charge is 0.119 e. The summed E-state index contributed by atoms with van der Waals surface area (Å²) in [7, 11) is 0. The van der Waals surface area contributed by atoms with Crippen LogP contribution in [0.1, 0.15) is 18.9 Å². The summed E-state index contributed by atoms with van der Waals surface area (Å²) in [6, 6.07) is 8.30. The Balaban J connectivity index is 1.81. The van der Waals surface area contributed by atoms with Crippen molar-refractivity contribution in [2.24, 2.45) is 11.1 Å². The monoisotopic (exact) mass is 235 g/mol. The van der Waals surface area contributed by atoms with E-state index in [1.54, 1.807) is 0 Å². The van der Waals surface area contributed by atoms with E-state index in [1.165, 1.54) is 5.56 Å². The van der Waals surface area contributed by atoms with Crippen LogP contribution in [0.2, 0.25) is 0 Å². The molecule has 94 valence electrons. The molecule has 0 amide bonds. The topological polar surface area (TPSA) is 44.5 Å². The van der Waals surface area contributed by atoms with Gasteiger partial charge in [0.15, 0.2) is 0 Å². The van der Waals surface area contributed by atoms with Crippen LogP contribution in [-0.4, -0.2) is 26.4 Å². The van der Waals surface area contributed by atoms with Gasteiger partial charge in [0.25, 0.3) is 0 Å². The minimum absolute atomic E-state index is 0.207. The van der Waals surface area contributed by atoms with E-state index in [-0.39, 0.29) is 5.41 Å². The third-order valence-electron chi connectivity index (χ3n) is 3.08. The molecule has 1 heterocycles. The zero-order valence-electron chi connectivity index (χ0n) is 10.4. The van der Waals surface area contributed by atoms with Crippen molar-refractivity contribution in [3.63, 3.8) is 0 Å². The molecule has 3 nitrogen and oxygen atoms in total. The molecular formula is C14H21NO2. The number of nitrogens with two attached hydrogens (primary N) is 1. The molecule has 0 atom stereocenters. The van der Waals surface area contributed by atoms with Crippen LogP contribution in [0.3, 0.4) is 0 Å². The number of benzene rings is 1. The van der Waals surface area contributed by atoms with Gasteiger partial charge in [0.1, 0.15) is 5.75 Å². The first-order valence-electron chi connectivity index (χ1n) is 6.21. The molecule has 0 spiro atoms. The highest BCUT2D eigenvalue weighted by Crippen LogP contribution is 2.27. The van der Waals surface area contributed by atoms with Crippen molar-refractivity contribution in [2.45, 2.75) is 19.8 Å². The van der Waals surface area contributed by atoms with E-state index in [0.29, 0.717) is 0 Å². The molecule has 2 rings (SSSR count). The Hall–Kier alpha value is -1.06. The summed E-state index contributed by atoms with van der Waals surface area (Å²) in [5, 5.41) is 0. The van der Waals surface area contributed by atoms with Crippen molar-refractivity contribution in [2.75, 3.05) is 26.4 Å². The standard InChI is InChI=1S/C14H21NO2/c1-14(9-16-10-14)11-17-13-6-4-12(5-7-13)3-2-8-15/h4-7H,2-3,8-11,15H2,1H3. The zero-order chi connectivity index (χ0) is 12.1. The van der Waals surface area contributed by atoms with Gasteiger partial charge in [-0.1, -0.05) is 19.1 Å². The van der Waals surface area contributed by atoms with Gasteiger partial charge < -0.3 is 15.2 Å². The first-order valence-corrected chi connectivity index (χ1v) is 6.21. The van der Waals surface area contributed by atoms with Crippen molar-refractivity contribution in [3.8, 4) is 5.75 Å². The molecule has 1 aliphatic heterocycles.